The lowest BCUT2D eigenvalue weighted by atomic mass is 9.86. The molecule has 0 heterocycles. The average molecular weight is 364 g/mol. The molecular formula is C18H24N2O6. The van der Waals surface area contributed by atoms with Gasteiger partial charge in [0.1, 0.15) is 0 Å². The molecule has 1 aliphatic carbocycles. The molecule has 0 aliphatic heterocycles. The van der Waals surface area contributed by atoms with Crippen molar-refractivity contribution in [3.05, 3.63) is 33.9 Å². The van der Waals surface area contributed by atoms with Crippen LogP contribution >= 0.6 is 0 Å². The van der Waals surface area contributed by atoms with Crippen molar-refractivity contribution in [2.45, 2.75) is 51.7 Å². The second-order valence-electron chi connectivity index (χ2n) is 6.57. The minimum absolute atomic E-state index is 0.0109. The van der Waals surface area contributed by atoms with Crippen LogP contribution < -0.4 is 10.1 Å². The van der Waals surface area contributed by atoms with Crippen LogP contribution in [0.1, 0.15) is 49.9 Å². The Labute approximate surface area is 152 Å². The van der Waals surface area contributed by atoms with E-state index in [0.717, 1.165) is 31.7 Å². The van der Waals surface area contributed by atoms with Crippen molar-refractivity contribution in [3.8, 4) is 5.75 Å². The maximum absolute atomic E-state index is 12.3. The molecule has 1 aromatic rings. The first kappa shape index (κ1) is 19.7. The van der Waals surface area contributed by atoms with E-state index in [1.807, 2.05) is 0 Å². The molecule has 2 rings (SSSR count). The number of rotatable bonds is 6. The van der Waals surface area contributed by atoms with Crippen LogP contribution in [0.25, 0.3) is 0 Å². The highest BCUT2D eigenvalue weighted by Gasteiger charge is 2.27. The van der Waals surface area contributed by atoms with E-state index in [2.05, 4.69) is 12.2 Å². The van der Waals surface area contributed by atoms with Crippen LogP contribution in [-0.2, 0) is 9.53 Å². The van der Waals surface area contributed by atoms with E-state index in [1.165, 1.54) is 26.2 Å². The average Bonchev–Trinajstić information content (AvgIpc) is 2.62. The van der Waals surface area contributed by atoms with Gasteiger partial charge < -0.3 is 14.8 Å². The van der Waals surface area contributed by atoms with Gasteiger partial charge >= 0.3 is 11.7 Å². The standard InChI is InChI=1S/C18H24N2O6/c1-11-6-4-5-7-14(11)19-17(21)12(2)26-18(22)13-8-9-16(25-3)15(10-13)20(23)24/h8-12,14H,4-7H2,1-3H3,(H,19,21)/t11-,12-,14-/m1/s1. The maximum atomic E-state index is 12.3. The molecule has 1 saturated carbocycles. The van der Waals surface area contributed by atoms with Gasteiger partial charge in [-0.15, -0.1) is 0 Å². The minimum atomic E-state index is -0.988. The van der Waals surface area contributed by atoms with Gasteiger partial charge in [-0.25, -0.2) is 4.79 Å². The molecule has 0 radical (unpaired) electrons. The van der Waals surface area contributed by atoms with E-state index in [0.29, 0.717) is 5.92 Å². The number of methoxy groups -OCH3 is 1. The zero-order chi connectivity index (χ0) is 19.3. The first-order chi connectivity index (χ1) is 12.3. The predicted octanol–water partition coefficient (Wildman–Crippen LogP) is 2.84. The van der Waals surface area contributed by atoms with Crippen molar-refractivity contribution >= 4 is 17.6 Å². The lowest BCUT2D eigenvalue weighted by Gasteiger charge is -2.30. The molecule has 1 N–H and O–H groups in total. The zero-order valence-corrected chi connectivity index (χ0v) is 15.2. The first-order valence-electron chi connectivity index (χ1n) is 8.67. The molecule has 0 spiro atoms. The van der Waals surface area contributed by atoms with Crippen molar-refractivity contribution < 1.29 is 24.0 Å². The van der Waals surface area contributed by atoms with Gasteiger partial charge in [0.05, 0.1) is 17.6 Å². The number of hydrogen-bond donors (Lipinski definition) is 1. The molecule has 0 bridgehead atoms. The van der Waals surface area contributed by atoms with E-state index >= 15 is 0 Å². The Morgan fingerprint density at radius 2 is 2.00 bits per heavy atom. The number of nitrogens with one attached hydrogen (secondary N) is 1. The summed E-state index contributed by atoms with van der Waals surface area (Å²) in [7, 11) is 1.30. The Bertz CT molecular complexity index is 690. The van der Waals surface area contributed by atoms with E-state index < -0.39 is 17.0 Å². The van der Waals surface area contributed by atoms with Crippen LogP contribution in [0, 0.1) is 16.0 Å². The van der Waals surface area contributed by atoms with Crippen LogP contribution in [0.3, 0.4) is 0 Å². The molecular weight excluding hydrogens is 340 g/mol. The number of hydrogen-bond acceptors (Lipinski definition) is 6. The second kappa shape index (κ2) is 8.64. The Hall–Kier alpha value is -2.64. The molecule has 8 heteroatoms. The summed E-state index contributed by atoms with van der Waals surface area (Å²) in [5.74, 6) is -0.723. The van der Waals surface area contributed by atoms with E-state index in [1.54, 1.807) is 0 Å². The summed E-state index contributed by atoms with van der Waals surface area (Å²) in [5, 5.41) is 14.0. The number of esters is 1. The molecule has 1 aromatic carbocycles. The third-order valence-electron chi connectivity index (χ3n) is 4.70. The number of ether oxygens (including phenoxy) is 2. The largest absolute Gasteiger partial charge is 0.490 e. The van der Waals surface area contributed by atoms with Crippen molar-refractivity contribution in [3.63, 3.8) is 0 Å². The van der Waals surface area contributed by atoms with E-state index in [-0.39, 0.29) is 28.9 Å². The second-order valence-corrected chi connectivity index (χ2v) is 6.57. The topological polar surface area (TPSA) is 108 Å². The minimum Gasteiger partial charge on any atom is -0.490 e. The summed E-state index contributed by atoms with van der Waals surface area (Å²) in [6.45, 7) is 3.58. The highest BCUT2D eigenvalue weighted by atomic mass is 16.6. The lowest BCUT2D eigenvalue weighted by Crippen LogP contribution is -2.45. The fraction of sp³-hybridized carbons (Fsp3) is 0.556. The molecule has 0 aromatic heterocycles. The third-order valence-corrected chi connectivity index (χ3v) is 4.70. The Morgan fingerprint density at radius 3 is 2.62 bits per heavy atom. The fourth-order valence-corrected chi connectivity index (χ4v) is 3.07. The number of nitro benzene ring substituents is 1. The summed E-state index contributed by atoms with van der Waals surface area (Å²) >= 11 is 0. The van der Waals surface area contributed by atoms with Crippen molar-refractivity contribution in [1.29, 1.82) is 0 Å². The number of benzene rings is 1. The molecule has 142 valence electrons. The zero-order valence-electron chi connectivity index (χ0n) is 15.2. The van der Waals surface area contributed by atoms with Crippen LogP contribution in [0.2, 0.25) is 0 Å². The van der Waals surface area contributed by atoms with E-state index in [4.69, 9.17) is 9.47 Å². The van der Waals surface area contributed by atoms with Crippen molar-refractivity contribution in [2.24, 2.45) is 5.92 Å². The number of carbonyl (C=O) groups is 2. The van der Waals surface area contributed by atoms with Gasteiger partial charge in [0.25, 0.3) is 5.91 Å². The molecule has 1 amide bonds. The third kappa shape index (κ3) is 4.71. The molecule has 1 fully saturated rings. The molecule has 8 nitrogen and oxygen atoms in total. The van der Waals surface area contributed by atoms with Crippen LogP contribution in [0.4, 0.5) is 5.69 Å². The summed E-state index contributed by atoms with van der Waals surface area (Å²) in [6.07, 6.45) is 3.22. The molecule has 3 atom stereocenters. The van der Waals surface area contributed by atoms with Gasteiger partial charge in [-0.3, -0.25) is 14.9 Å². The highest BCUT2D eigenvalue weighted by molar-refractivity contribution is 5.93. The van der Waals surface area contributed by atoms with E-state index in [9.17, 15) is 19.7 Å². The van der Waals surface area contributed by atoms with Gasteiger partial charge in [0, 0.05) is 12.1 Å². The van der Waals surface area contributed by atoms with Gasteiger partial charge in [-0.2, -0.15) is 0 Å². The highest BCUT2D eigenvalue weighted by Crippen LogP contribution is 2.28. The summed E-state index contributed by atoms with van der Waals surface area (Å²) in [5.41, 5.74) is -0.349. The number of carbonyl (C=O) groups excluding carboxylic acids is 2. The lowest BCUT2D eigenvalue weighted by molar-refractivity contribution is -0.385. The van der Waals surface area contributed by atoms with Crippen LogP contribution in [0.5, 0.6) is 5.75 Å². The van der Waals surface area contributed by atoms with Gasteiger partial charge in [-0.1, -0.05) is 19.8 Å². The first-order valence-corrected chi connectivity index (χ1v) is 8.67. The summed E-state index contributed by atoms with van der Waals surface area (Å²) in [6, 6.07) is 3.85. The number of nitrogens with zero attached hydrogens (tertiary/aromatic N) is 1. The fourth-order valence-electron chi connectivity index (χ4n) is 3.07. The normalized spacial score (nSPS) is 20.7. The van der Waals surface area contributed by atoms with Crippen LogP contribution in [0.15, 0.2) is 18.2 Å². The number of amides is 1. The van der Waals surface area contributed by atoms with Crippen LogP contribution in [-0.4, -0.2) is 36.1 Å². The smallest absolute Gasteiger partial charge is 0.339 e. The summed E-state index contributed by atoms with van der Waals surface area (Å²) in [4.78, 5) is 34.9. The summed E-state index contributed by atoms with van der Waals surface area (Å²) < 4.78 is 10.1. The maximum Gasteiger partial charge on any atom is 0.339 e. The van der Waals surface area contributed by atoms with Gasteiger partial charge in [0.2, 0.25) is 0 Å². The van der Waals surface area contributed by atoms with Crippen molar-refractivity contribution in [2.75, 3.05) is 7.11 Å². The molecule has 0 unspecified atom stereocenters. The molecule has 1 aliphatic rings. The quantitative estimate of drug-likeness (QED) is 0.472. The predicted molar refractivity (Wildman–Crippen MR) is 94.1 cm³/mol. The Kier molecular flexibility index (Phi) is 6.54. The van der Waals surface area contributed by atoms with Gasteiger partial charge in [0.15, 0.2) is 11.9 Å². The Morgan fingerprint density at radius 1 is 1.31 bits per heavy atom. The number of nitro groups is 1. The van der Waals surface area contributed by atoms with Crippen molar-refractivity contribution in [1.82, 2.24) is 5.32 Å². The Balaban J connectivity index is 2.01. The monoisotopic (exact) mass is 364 g/mol. The molecule has 0 saturated heterocycles. The molecule has 26 heavy (non-hydrogen) atoms. The SMILES string of the molecule is COc1ccc(C(=O)O[C@H](C)C(=O)N[C@@H]2CCCC[C@H]2C)cc1[N+](=O)[O-]. The van der Waals surface area contributed by atoms with Gasteiger partial charge in [-0.05, 0) is 37.8 Å².